The van der Waals surface area contributed by atoms with E-state index in [0.29, 0.717) is 23.7 Å². The number of amides is 1. The van der Waals surface area contributed by atoms with Gasteiger partial charge >= 0.3 is 0 Å². The van der Waals surface area contributed by atoms with E-state index in [0.717, 1.165) is 38.8 Å². The molecule has 2 aliphatic rings. The van der Waals surface area contributed by atoms with E-state index in [2.05, 4.69) is 5.32 Å². The molecule has 138 valence electrons. The summed E-state index contributed by atoms with van der Waals surface area (Å²) in [5.74, 6) is 0.0937. The Morgan fingerprint density at radius 1 is 1.40 bits per heavy atom. The first-order valence-electron chi connectivity index (χ1n) is 8.50. The van der Waals surface area contributed by atoms with Crippen LogP contribution >= 0.6 is 12.4 Å². The average Bonchev–Trinajstić information content (AvgIpc) is 3.30. The van der Waals surface area contributed by atoms with Gasteiger partial charge < -0.3 is 16.0 Å². The summed E-state index contributed by atoms with van der Waals surface area (Å²) in [6.45, 7) is 3.94. The summed E-state index contributed by atoms with van der Waals surface area (Å²) in [5.41, 5.74) is 6.28. The van der Waals surface area contributed by atoms with Crippen LogP contribution in [-0.2, 0) is 0 Å². The Labute approximate surface area is 153 Å². The third-order valence-corrected chi connectivity index (χ3v) is 5.18. The Balaban J connectivity index is 0.00000225. The van der Waals surface area contributed by atoms with E-state index < -0.39 is 10.5 Å². The van der Waals surface area contributed by atoms with Crippen LogP contribution in [0.5, 0.6) is 0 Å². The van der Waals surface area contributed by atoms with E-state index in [1.807, 2.05) is 11.8 Å². The van der Waals surface area contributed by atoms with Gasteiger partial charge in [-0.15, -0.1) is 12.4 Å². The number of carbonyl (C=O) groups is 1. The number of halogens is 1. The summed E-state index contributed by atoms with van der Waals surface area (Å²) in [6, 6.07) is 4.74. The highest BCUT2D eigenvalue weighted by atomic mass is 35.5. The van der Waals surface area contributed by atoms with Crippen LogP contribution in [0.1, 0.15) is 43.0 Å². The number of anilines is 1. The lowest BCUT2D eigenvalue weighted by Crippen LogP contribution is -2.53. The normalized spacial score (nSPS) is 19.0. The van der Waals surface area contributed by atoms with Gasteiger partial charge in [-0.1, -0.05) is 0 Å². The molecule has 2 fully saturated rings. The second-order valence-electron chi connectivity index (χ2n) is 7.00. The van der Waals surface area contributed by atoms with Gasteiger partial charge in [0.1, 0.15) is 5.69 Å². The van der Waals surface area contributed by atoms with Crippen LogP contribution in [0.2, 0.25) is 0 Å². The second-order valence-corrected chi connectivity index (χ2v) is 7.00. The van der Waals surface area contributed by atoms with E-state index in [1.54, 1.807) is 12.1 Å². The fraction of sp³-hybridized carbons (Fsp3) is 0.588. The zero-order valence-electron chi connectivity index (χ0n) is 14.4. The van der Waals surface area contributed by atoms with Gasteiger partial charge in [-0.3, -0.25) is 14.9 Å². The fourth-order valence-electron chi connectivity index (χ4n) is 3.41. The summed E-state index contributed by atoms with van der Waals surface area (Å²) in [5, 5.41) is 14.4. The smallest absolute Gasteiger partial charge is 0.293 e. The zero-order valence-corrected chi connectivity index (χ0v) is 15.2. The van der Waals surface area contributed by atoms with Gasteiger partial charge in [0, 0.05) is 31.3 Å². The van der Waals surface area contributed by atoms with Crippen LogP contribution in [-0.4, -0.2) is 36.0 Å². The van der Waals surface area contributed by atoms with Gasteiger partial charge in [0.2, 0.25) is 0 Å². The molecule has 1 aromatic rings. The topological polar surface area (TPSA) is 102 Å². The van der Waals surface area contributed by atoms with Crippen LogP contribution in [0.4, 0.5) is 11.4 Å². The molecule has 1 amide bonds. The van der Waals surface area contributed by atoms with Crippen LogP contribution in [0.15, 0.2) is 18.2 Å². The molecule has 7 nitrogen and oxygen atoms in total. The van der Waals surface area contributed by atoms with Crippen LogP contribution in [0.3, 0.4) is 0 Å². The van der Waals surface area contributed by atoms with Crippen LogP contribution in [0, 0.1) is 16.0 Å². The summed E-state index contributed by atoms with van der Waals surface area (Å²) in [7, 11) is 0. The van der Waals surface area contributed by atoms with Gasteiger partial charge in [-0.05, 0) is 50.7 Å². The van der Waals surface area contributed by atoms with Crippen molar-refractivity contribution in [1.82, 2.24) is 5.32 Å². The Morgan fingerprint density at radius 2 is 2.04 bits per heavy atom. The third-order valence-electron chi connectivity index (χ3n) is 5.18. The number of nitro benzene ring substituents is 1. The molecule has 25 heavy (non-hydrogen) atoms. The lowest BCUT2D eigenvalue weighted by Gasteiger charge is -2.29. The van der Waals surface area contributed by atoms with Gasteiger partial charge in [0.15, 0.2) is 0 Å². The predicted molar refractivity (Wildman–Crippen MR) is 99.4 cm³/mol. The molecule has 3 rings (SSSR count). The minimum atomic E-state index is -0.445. The molecule has 1 aliphatic heterocycles. The number of nitrogens with two attached hydrogens (primary N) is 1. The highest BCUT2D eigenvalue weighted by molar-refractivity contribution is 5.96. The van der Waals surface area contributed by atoms with E-state index >= 15 is 0 Å². The molecule has 1 heterocycles. The number of nitro groups is 1. The van der Waals surface area contributed by atoms with Gasteiger partial charge in [-0.25, -0.2) is 0 Å². The minimum Gasteiger partial charge on any atom is -0.366 e. The van der Waals surface area contributed by atoms with Crippen LogP contribution < -0.4 is 16.0 Å². The first kappa shape index (κ1) is 19.5. The Bertz CT molecular complexity index is 659. The lowest BCUT2D eigenvalue weighted by atomic mass is 9.95. The standard InChI is InChI=1S/C17H24N4O3.ClH/c1-17(11-18,13-5-6-13)19-16(22)12-4-7-14(15(10-12)21(23)24)20-8-2-3-9-20;/h4,7,10,13H,2-3,5-6,8-9,11,18H2,1H3,(H,19,22);1H. The van der Waals surface area contributed by atoms with Crippen molar-refractivity contribution in [3.8, 4) is 0 Å². The van der Waals surface area contributed by atoms with E-state index in [9.17, 15) is 14.9 Å². The molecule has 1 atom stereocenters. The molecule has 1 saturated heterocycles. The van der Waals surface area contributed by atoms with Crippen molar-refractivity contribution < 1.29 is 9.72 Å². The number of benzene rings is 1. The van der Waals surface area contributed by atoms with Crippen molar-refractivity contribution >= 4 is 29.7 Å². The maximum Gasteiger partial charge on any atom is 0.293 e. The number of carbonyl (C=O) groups excluding carboxylic acids is 1. The summed E-state index contributed by atoms with van der Waals surface area (Å²) >= 11 is 0. The molecule has 1 aliphatic carbocycles. The second kappa shape index (κ2) is 7.58. The highest BCUT2D eigenvalue weighted by Crippen LogP contribution is 2.39. The summed E-state index contributed by atoms with van der Waals surface area (Å²) in [4.78, 5) is 25.6. The van der Waals surface area contributed by atoms with Gasteiger partial charge in [0.25, 0.3) is 11.6 Å². The first-order chi connectivity index (χ1) is 11.4. The molecule has 1 aromatic carbocycles. The van der Waals surface area contributed by atoms with Crippen molar-refractivity contribution in [3.63, 3.8) is 0 Å². The average molecular weight is 369 g/mol. The van der Waals surface area contributed by atoms with Crippen molar-refractivity contribution in [2.24, 2.45) is 11.7 Å². The maximum atomic E-state index is 12.6. The van der Waals surface area contributed by atoms with Crippen LogP contribution in [0.25, 0.3) is 0 Å². The number of nitrogens with one attached hydrogen (secondary N) is 1. The summed E-state index contributed by atoms with van der Waals surface area (Å²) in [6.07, 6.45) is 4.19. The van der Waals surface area contributed by atoms with Crippen molar-refractivity contribution in [2.75, 3.05) is 24.5 Å². The molecule has 0 aromatic heterocycles. The van der Waals surface area contributed by atoms with Crippen molar-refractivity contribution in [1.29, 1.82) is 0 Å². The molecule has 0 bridgehead atoms. The summed E-state index contributed by atoms with van der Waals surface area (Å²) < 4.78 is 0. The maximum absolute atomic E-state index is 12.6. The molecular weight excluding hydrogens is 344 g/mol. The Hall–Kier alpha value is -1.86. The third kappa shape index (κ3) is 4.04. The molecular formula is C17H25ClN4O3. The van der Waals surface area contributed by atoms with Crippen molar-refractivity contribution in [3.05, 3.63) is 33.9 Å². The number of hydrogen-bond acceptors (Lipinski definition) is 5. The quantitative estimate of drug-likeness (QED) is 0.593. The molecule has 8 heteroatoms. The van der Waals surface area contributed by atoms with E-state index in [1.165, 1.54) is 6.07 Å². The molecule has 0 spiro atoms. The number of nitrogens with zero attached hydrogens (tertiary/aromatic N) is 2. The molecule has 0 radical (unpaired) electrons. The van der Waals surface area contributed by atoms with Gasteiger partial charge in [0.05, 0.1) is 10.5 Å². The monoisotopic (exact) mass is 368 g/mol. The molecule has 3 N–H and O–H groups in total. The fourth-order valence-corrected chi connectivity index (χ4v) is 3.41. The zero-order chi connectivity index (χ0) is 17.3. The number of rotatable bonds is 6. The first-order valence-corrected chi connectivity index (χ1v) is 8.50. The largest absolute Gasteiger partial charge is 0.366 e. The van der Waals surface area contributed by atoms with Gasteiger partial charge in [-0.2, -0.15) is 0 Å². The molecule has 1 saturated carbocycles. The SMILES string of the molecule is CC(CN)(NC(=O)c1ccc(N2CCCC2)c([N+](=O)[O-])c1)C1CC1.Cl. The van der Waals surface area contributed by atoms with E-state index in [-0.39, 0.29) is 24.0 Å². The Kier molecular flexibility index (Phi) is 5.90. The Morgan fingerprint density at radius 3 is 2.56 bits per heavy atom. The highest BCUT2D eigenvalue weighted by Gasteiger charge is 2.41. The predicted octanol–water partition coefficient (Wildman–Crippen LogP) is 2.47. The molecule has 1 unspecified atom stereocenters. The van der Waals surface area contributed by atoms with Crippen molar-refractivity contribution in [2.45, 2.75) is 38.1 Å². The van der Waals surface area contributed by atoms with E-state index in [4.69, 9.17) is 5.73 Å². The minimum absolute atomic E-state index is 0. The lowest BCUT2D eigenvalue weighted by molar-refractivity contribution is -0.384. The number of hydrogen-bond donors (Lipinski definition) is 2.